The highest BCUT2D eigenvalue weighted by atomic mass is 32.1. The Morgan fingerprint density at radius 2 is 1.50 bits per heavy atom. The fourth-order valence-corrected chi connectivity index (χ4v) is 1.56. The first kappa shape index (κ1) is 12.5. The summed E-state index contributed by atoms with van der Waals surface area (Å²) in [5.74, 6) is 0.796. The summed E-state index contributed by atoms with van der Waals surface area (Å²) in [4.78, 5) is 12.6. The van der Waals surface area contributed by atoms with E-state index in [4.69, 9.17) is 9.47 Å². The quantitative estimate of drug-likeness (QED) is 0.523. The molecule has 0 radical (unpaired) electrons. The predicted octanol–water partition coefficient (Wildman–Crippen LogP) is 3.20. The lowest BCUT2D eigenvalue weighted by molar-refractivity contribution is 0.0734. The van der Waals surface area contributed by atoms with Crippen LogP contribution in [-0.4, -0.2) is 13.1 Å². The number of thiol groups is 1. The average Bonchev–Trinajstić information content (AvgIpc) is 2.41. The minimum Gasteiger partial charge on any atom is -0.497 e. The van der Waals surface area contributed by atoms with Gasteiger partial charge in [-0.2, -0.15) is 0 Å². The summed E-state index contributed by atoms with van der Waals surface area (Å²) >= 11 is 4.16. The van der Waals surface area contributed by atoms with E-state index in [1.165, 1.54) is 0 Å². The van der Waals surface area contributed by atoms with Gasteiger partial charge in [-0.25, -0.2) is 4.79 Å². The second-order valence-corrected chi connectivity index (χ2v) is 4.13. The highest BCUT2D eigenvalue weighted by Crippen LogP contribution is 2.17. The van der Waals surface area contributed by atoms with Crippen LogP contribution in [0.2, 0.25) is 0 Å². The van der Waals surface area contributed by atoms with Gasteiger partial charge < -0.3 is 9.47 Å². The fraction of sp³-hybridized carbons (Fsp3) is 0.0714. The van der Waals surface area contributed by atoms with Crippen LogP contribution in [0.1, 0.15) is 10.4 Å². The second-order valence-electron chi connectivity index (χ2n) is 3.61. The van der Waals surface area contributed by atoms with Gasteiger partial charge in [0.25, 0.3) is 0 Å². The van der Waals surface area contributed by atoms with E-state index < -0.39 is 5.97 Å². The molecule has 0 fully saturated rings. The van der Waals surface area contributed by atoms with E-state index >= 15 is 0 Å². The molecule has 0 spiro atoms. The molecule has 2 aromatic rings. The number of hydrogen-bond acceptors (Lipinski definition) is 4. The number of carbonyl (C=O) groups excluding carboxylic acids is 1. The molecule has 0 aliphatic carbocycles. The molecular weight excluding hydrogens is 248 g/mol. The molecule has 3 nitrogen and oxygen atoms in total. The molecular formula is C14H12O3S. The SMILES string of the molecule is COc1ccc(C(=O)Oc2ccc(S)cc2)cc1. The first-order chi connectivity index (χ1) is 8.69. The van der Waals surface area contributed by atoms with Crippen molar-refractivity contribution in [3.63, 3.8) is 0 Å². The van der Waals surface area contributed by atoms with Crippen molar-refractivity contribution in [3.05, 3.63) is 54.1 Å². The fourth-order valence-electron chi connectivity index (χ4n) is 1.41. The maximum absolute atomic E-state index is 11.8. The maximum Gasteiger partial charge on any atom is 0.343 e. The molecule has 0 bridgehead atoms. The first-order valence-corrected chi connectivity index (χ1v) is 5.79. The normalized spacial score (nSPS) is 9.89. The third-order valence-corrected chi connectivity index (χ3v) is 2.67. The average molecular weight is 260 g/mol. The third kappa shape index (κ3) is 3.05. The second kappa shape index (κ2) is 5.60. The van der Waals surface area contributed by atoms with Crippen molar-refractivity contribution < 1.29 is 14.3 Å². The minimum absolute atomic E-state index is 0.399. The van der Waals surface area contributed by atoms with Gasteiger partial charge in [0.1, 0.15) is 11.5 Å². The predicted molar refractivity (Wildman–Crippen MR) is 71.6 cm³/mol. The highest BCUT2D eigenvalue weighted by Gasteiger charge is 2.08. The number of methoxy groups -OCH3 is 1. The molecule has 0 aromatic heterocycles. The van der Waals surface area contributed by atoms with E-state index in [0.717, 1.165) is 4.90 Å². The zero-order chi connectivity index (χ0) is 13.0. The third-order valence-electron chi connectivity index (χ3n) is 2.37. The van der Waals surface area contributed by atoms with Gasteiger partial charge in [-0.05, 0) is 48.5 Å². The molecule has 18 heavy (non-hydrogen) atoms. The number of ether oxygens (including phenoxy) is 2. The van der Waals surface area contributed by atoms with Gasteiger partial charge in [-0.1, -0.05) is 0 Å². The Labute approximate surface area is 111 Å². The van der Waals surface area contributed by atoms with Crippen molar-refractivity contribution in [2.45, 2.75) is 4.90 Å². The number of hydrogen-bond donors (Lipinski definition) is 1. The molecule has 2 rings (SSSR count). The Morgan fingerprint density at radius 3 is 2.06 bits per heavy atom. The Hall–Kier alpha value is -1.94. The Morgan fingerprint density at radius 1 is 0.944 bits per heavy atom. The van der Waals surface area contributed by atoms with E-state index in [1.54, 1.807) is 55.6 Å². The number of benzene rings is 2. The van der Waals surface area contributed by atoms with Crippen LogP contribution in [0.4, 0.5) is 0 Å². The zero-order valence-electron chi connectivity index (χ0n) is 9.79. The summed E-state index contributed by atoms with van der Waals surface area (Å²) in [6, 6.07) is 13.7. The number of esters is 1. The Bertz CT molecular complexity index is 532. The molecule has 0 aliphatic heterocycles. The van der Waals surface area contributed by atoms with Crippen LogP contribution in [0.25, 0.3) is 0 Å². The van der Waals surface area contributed by atoms with Gasteiger partial charge in [0.2, 0.25) is 0 Å². The van der Waals surface area contributed by atoms with Crippen LogP contribution >= 0.6 is 12.6 Å². The minimum atomic E-state index is -0.399. The Balaban J connectivity index is 2.09. The molecule has 0 N–H and O–H groups in total. The summed E-state index contributed by atoms with van der Waals surface area (Å²) in [5.41, 5.74) is 0.478. The lowest BCUT2D eigenvalue weighted by Crippen LogP contribution is -2.08. The van der Waals surface area contributed by atoms with E-state index in [1.807, 2.05) is 0 Å². The van der Waals surface area contributed by atoms with Gasteiger partial charge in [0.15, 0.2) is 0 Å². The lowest BCUT2D eigenvalue weighted by atomic mass is 10.2. The molecule has 0 saturated heterocycles. The molecule has 0 atom stereocenters. The molecule has 0 heterocycles. The Kier molecular flexibility index (Phi) is 3.89. The lowest BCUT2D eigenvalue weighted by Gasteiger charge is -2.05. The summed E-state index contributed by atoms with van der Waals surface area (Å²) < 4.78 is 10.2. The van der Waals surface area contributed by atoms with Crippen molar-refractivity contribution >= 4 is 18.6 Å². The zero-order valence-corrected chi connectivity index (χ0v) is 10.7. The summed E-state index contributed by atoms with van der Waals surface area (Å²) in [6.07, 6.45) is 0. The molecule has 0 saturated carbocycles. The standard InChI is InChI=1S/C14H12O3S/c1-16-11-4-2-10(3-5-11)14(15)17-12-6-8-13(18)9-7-12/h2-9,18H,1H3. The van der Waals surface area contributed by atoms with Crippen molar-refractivity contribution in [2.75, 3.05) is 7.11 Å². The molecule has 4 heteroatoms. The van der Waals surface area contributed by atoms with Crippen LogP contribution in [0.15, 0.2) is 53.4 Å². The van der Waals surface area contributed by atoms with E-state index in [0.29, 0.717) is 17.1 Å². The summed E-state index contributed by atoms with van der Waals surface area (Å²) in [5, 5.41) is 0. The largest absolute Gasteiger partial charge is 0.497 e. The maximum atomic E-state index is 11.8. The van der Waals surface area contributed by atoms with E-state index in [9.17, 15) is 4.79 Å². The highest BCUT2D eigenvalue weighted by molar-refractivity contribution is 7.80. The van der Waals surface area contributed by atoms with E-state index in [2.05, 4.69) is 12.6 Å². The monoisotopic (exact) mass is 260 g/mol. The van der Waals surface area contributed by atoms with Crippen LogP contribution in [-0.2, 0) is 0 Å². The van der Waals surface area contributed by atoms with Gasteiger partial charge in [0.05, 0.1) is 12.7 Å². The van der Waals surface area contributed by atoms with Gasteiger partial charge in [0, 0.05) is 4.90 Å². The molecule has 92 valence electrons. The van der Waals surface area contributed by atoms with Crippen LogP contribution in [0.5, 0.6) is 11.5 Å². The van der Waals surface area contributed by atoms with Crippen molar-refractivity contribution in [3.8, 4) is 11.5 Å². The van der Waals surface area contributed by atoms with Crippen molar-refractivity contribution in [1.82, 2.24) is 0 Å². The summed E-state index contributed by atoms with van der Waals surface area (Å²) in [7, 11) is 1.58. The number of carbonyl (C=O) groups is 1. The van der Waals surface area contributed by atoms with Crippen molar-refractivity contribution in [1.29, 1.82) is 0 Å². The van der Waals surface area contributed by atoms with Gasteiger partial charge in [-0.15, -0.1) is 12.6 Å². The topological polar surface area (TPSA) is 35.5 Å². The van der Waals surface area contributed by atoms with Gasteiger partial charge in [-0.3, -0.25) is 0 Å². The molecule has 2 aromatic carbocycles. The molecule has 0 amide bonds. The first-order valence-electron chi connectivity index (χ1n) is 5.34. The molecule has 0 aliphatic rings. The smallest absolute Gasteiger partial charge is 0.343 e. The number of rotatable bonds is 3. The van der Waals surface area contributed by atoms with Crippen LogP contribution < -0.4 is 9.47 Å². The van der Waals surface area contributed by atoms with E-state index in [-0.39, 0.29) is 0 Å². The van der Waals surface area contributed by atoms with Crippen molar-refractivity contribution in [2.24, 2.45) is 0 Å². The van der Waals surface area contributed by atoms with Gasteiger partial charge >= 0.3 is 5.97 Å². The van der Waals surface area contributed by atoms with Crippen LogP contribution in [0, 0.1) is 0 Å². The van der Waals surface area contributed by atoms with Crippen LogP contribution in [0.3, 0.4) is 0 Å². The summed E-state index contributed by atoms with van der Waals surface area (Å²) in [6.45, 7) is 0. The molecule has 0 unspecified atom stereocenters.